The average molecular weight is 219 g/mol. The van der Waals surface area contributed by atoms with Crippen LogP contribution in [0.5, 0.6) is 5.75 Å². The van der Waals surface area contributed by atoms with Crippen molar-refractivity contribution in [3.8, 4) is 5.75 Å². The van der Waals surface area contributed by atoms with E-state index in [0.29, 0.717) is 12.0 Å². The van der Waals surface area contributed by atoms with Crippen LogP contribution in [0.1, 0.15) is 37.3 Å². The molecule has 0 unspecified atom stereocenters. The maximum atomic E-state index is 5.44. The summed E-state index contributed by atoms with van der Waals surface area (Å²) in [7, 11) is 1.76. The number of benzene rings is 1. The summed E-state index contributed by atoms with van der Waals surface area (Å²) in [6.07, 6.45) is 2.34. The number of ether oxygens (including phenoxy) is 1. The van der Waals surface area contributed by atoms with E-state index >= 15 is 0 Å². The van der Waals surface area contributed by atoms with Crippen molar-refractivity contribution in [2.75, 3.05) is 13.7 Å². The van der Waals surface area contributed by atoms with Gasteiger partial charge in [-0.25, -0.2) is 0 Å². The lowest BCUT2D eigenvalue weighted by Crippen LogP contribution is -2.37. The Labute approximate surface area is 98.0 Å². The maximum Gasteiger partial charge on any atom is 0.122 e. The van der Waals surface area contributed by atoms with Crippen molar-refractivity contribution in [2.24, 2.45) is 0 Å². The van der Waals surface area contributed by atoms with E-state index in [4.69, 9.17) is 4.74 Å². The standard InChI is InChI=1S/C14H21NO/c1-4-15-13-9-8-12-11(10(13)2)6-5-7-14(12)16-3/h5-7,10,13,15H,4,8-9H2,1-3H3/t10-,13+/m0/s1. The zero-order valence-electron chi connectivity index (χ0n) is 10.4. The van der Waals surface area contributed by atoms with Gasteiger partial charge >= 0.3 is 0 Å². The highest BCUT2D eigenvalue weighted by atomic mass is 16.5. The molecule has 1 N–H and O–H groups in total. The summed E-state index contributed by atoms with van der Waals surface area (Å²) in [6, 6.07) is 7.03. The topological polar surface area (TPSA) is 21.3 Å². The molecule has 1 aliphatic rings. The van der Waals surface area contributed by atoms with Crippen LogP contribution in [0.4, 0.5) is 0 Å². The SMILES string of the molecule is CCN[C@@H]1CCc2c(OC)cccc2[C@@H]1C. The van der Waals surface area contributed by atoms with Crippen LogP contribution < -0.4 is 10.1 Å². The Balaban J connectivity index is 2.31. The zero-order chi connectivity index (χ0) is 11.5. The second kappa shape index (κ2) is 4.88. The third-order valence-corrected chi connectivity index (χ3v) is 3.65. The Bertz CT molecular complexity index is 362. The Kier molecular flexibility index (Phi) is 3.49. The molecule has 0 spiro atoms. The molecular weight excluding hydrogens is 198 g/mol. The van der Waals surface area contributed by atoms with Gasteiger partial charge in [-0.1, -0.05) is 26.0 Å². The second-order valence-corrected chi connectivity index (χ2v) is 4.52. The normalized spacial score (nSPS) is 23.9. The quantitative estimate of drug-likeness (QED) is 0.844. The highest BCUT2D eigenvalue weighted by Gasteiger charge is 2.26. The van der Waals surface area contributed by atoms with Gasteiger partial charge in [-0.05, 0) is 42.5 Å². The van der Waals surface area contributed by atoms with Gasteiger partial charge in [0.1, 0.15) is 5.75 Å². The fraction of sp³-hybridized carbons (Fsp3) is 0.571. The number of hydrogen-bond acceptors (Lipinski definition) is 2. The first-order valence-electron chi connectivity index (χ1n) is 6.17. The molecule has 2 heteroatoms. The Morgan fingerprint density at radius 1 is 1.44 bits per heavy atom. The monoisotopic (exact) mass is 219 g/mol. The van der Waals surface area contributed by atoms with Crippen molar-refractivity contribution >= 4 is 0 Å². The second-order valence-electron chi connectivity index (χ2n) is 4.52. The molecule has 2 atom stereocenters. The molecule has 1 aromatic rings. The van der Waals surface area contributed by atoms with E-state index in [1.807, 2.05) is 0 Å². The van der Waals surface area contributed by atoms with Crippen LogP contribution in [-0.2, 0) is 6.42 Å². The summed E-state index contributed by atoms with van der Waals surface area (Å²) >= 11 is 0. The summed E-state index contributed by atoms with van der Waals surface area (Å²) in [5.74, 6) is 1.64. The third kappa shape index (κ3) is 1.94. The van der Waals surface area contributed by atoms with Gasteiger partial charge < -0.3 is 10.1 Å². The van der Waals surface area contributed by atoms with Gasteiger partial charge in [0.15, 0.2) is 0 Å². The lowest BCUT2D eigenvalue weighted by atomic mass is 9.80. The zero-order valence-corrected chi connectivity index (χ0v) is 10.4. The number of likely N-dealkylation sites (N-methyl/N-ethyl adjacent to an activating group) is 1. The van der Waals surface area contributed by atoms with Crippen LogP contribution >= 0.6 is 0 Å². The molecule has 1 aliphatic carbocycles. The molecule has 0 fully saturated rings. The highest BCUT2D eigenvalue weighted by molar-refractivity contribution is 5.44. The minimum Gasteiger partial charge on any atom is -0.496 e. The molecule has 2 rings (SSSR count). The van der Waals surface area contributed by atoms with Crippen molar-refractivity contribution in [1.82, 2.24) is 5.32 Å². The first-order chi connectivity index (χ1) is 7.77. The molecule has 0 saturated carbocycles. The van der Waals surface area contributed by atoms with Crippen LogP contribution in [0.25, 0.3) is 0 Å². The molecule has 2 nitrogen and oxygen atoms in total. The molecule has 88 valence electrons. The molecule has 0 bridgehead atoms. The summed E-state index contributed by atoms with van der Waals surface area (Å²) < 4.78 is 5.44. The number of nitrogens with one attached hydrogen (secondary N) is 1. The predicted octanol–water partition coefficient (Wildman–Crippen LogP) is 2.72. The van der Waals surface area contributed by atoms with Gasteiger partial charge in [0.05, 0.1) is 7.11 Å². The molecule has 0 saturated heterocycles. The summed E-state index contributed by atoms with van der Waals surface area (Å²) in [5.41, 5.74) is 2.86. The number of hydrogen-bond donors (Lipinski definition) is 1. The molecular formula is C14H21NO. The van der Waals surface area contributed by atoms with E-state index in [1.165, 1.54) is 17.5 Å². The van der Waals surface area contributed by atoms with Gasteiger partial charge in [-0.2, -0.15) is 0 Å². The maximum absolute atomic E-state index is 5.44. The predicted molar refractivity (Wildman–Crippen MR) is 67.2 cm³/mol. The minimum atomic E-state index is 0.582. The molecule has 1 aromatic carbocycles. The third-order valence-electron chi connectivity index (χ3n) is 3.65. The van der Waals surface area contributed by atoms with Crippen LogP contribution in [0, 0.1) is 0 Å². The average Bonchev–Trinajstić information content (AvgIpc) is 2.32. The van der Waals surface area contributed by atoms with Crippen molar-refractivity contribution in [1.29, 1.82) is 0 Å². The molecule has 0 radical (unpaired) electrons. The van der Waals surface area contributed by atoms with Crippen LogP contribution in [-0.4, -0.2) is 19.7 Å². The van der Waals surface area contributed by atoms with Crippen LogP contribution in [0.2, 0.25) is 0 Å². The number of rotatable bonds is 3. The van der Waals surface area contributed by atoms with Gasteiger partial charge in [0.25, 0.3) is 0 Å². The van der Waals surface area contributed by atoms with E-state index in [0.717, 1.165) is 18.7 Å². The molecule has 0 aliphatic heterocycles. The van der Waals surface area contributed by atoms with Crippen LogP contribution in [0.15, 0.2) is 18.2 Å². The van der Waals surface area contributed by atoms with Crippen molar-refractivity contribution in [2.45, 2.75) is 38.6 Å². The minimum absolute atomic E-state index is 0.582. The molecule has 0 aromatic heterocycles. The fourth-order valence-electron chi connectivity index (χ4n) is 2.78. The van der Waals surface area contributed by atoms with Crippen molar-refractivity contribution < 1.29 is 4.74 Å². The lowest BCUT2D eigenvalue weighted by Gasteiger charge is -2.32. The molecule has 16 heavy (non-hydrogen) atoms. The van der Waals surface area contributed by atoms with Gasteiger partial charge in [0.2, 0.25) is 0 Å². The van der Waals surface area contributed by atoms with E-state index in [1.54, 1.807) is 7.11 Å². The largest absolute Gasteiger partial charge is 0.496 e. The summed E-state index contributed by atoms with van der Waals surface area (Å²) in [5, 5.41) is 3.57. The van der Waals surface area contributed by atoms with E-state index in [-0.39, 0.29) is 0 Å². The first-order valence-corrected chi connectivity index (χ1v) is 6.17. The lowest BCUT2D eigenvalue weighted by molar-refractivity contribution is 0.382. The Hall–Kier alpha value is -1.02. The van der Waals surface area contributed by atoms with Gasteiger partial charge in [-0.3, -0.25) is 0 Å². The smallest absolute Gasteiger partial charge is 0.122 e. The first kappa shape index (κ1) is 11.5. The van der Waals surface area contributed by atoms with Crippen molar-refractivity contribution in [3.05, 3.63) is 29.3 Å². The fourth-order valence-corrected chi connectivity index (χ4v) is 2.78. The Morgan fingerprint density at radius 3 is 2.94 bits per heavy atom. The summed E-state index contributed by atoms with van der Waals surface area (Å²) in [4.78, 5) is 0. The van der Waals surface area contributed by atoms with Crippen molar-refractivity contribution in [3.63, 3.8) is 0 Å². The van der Waals surface area contributed by atoms with E-state index < -0.39 is 0 Å². The van der Waals surface area contributed by atoms with E-state index in [2.05, 4.69) is 37.4 Å². The van der Waals surface area contributed by atoms with E-state index in [9.17, 15) is 0 Å². The number of fused-ring (bicyclic) bond motifs is 1. The van der Waals surface area contributed by atoms with Crippen LogP contribution in [0.3, 0.4) is 0 Å². The molecule has 0 amide bonds. The van der Waals surface area contributed by atoms with Gasteiger partial charge in [-0.15, -0.1) is 0 Å². The van der Waals surface area contributed by atoms with Gasteiger partial charge in [0, 0.05) is 6.04 Å². The number of methoxy groups -OCH3 is 1. The Morgan fingerprint density at radius 2 is 2.25 bits per heavy atom. The highest BCUT2D eigenvalue weighted by Crippen LogP contribution is 2.36. The molecule has 0 heterocycles. The summed E-state index contributed by atoms with van der Waals surface area (Å²) in [6.45, 7) is 5.53.